The van der Waals surface area contributed by atoms with Crippen molar-refractivity contribution in [3.8, 4) is 11.3 Å². The number of rotatable bonds is 2. The maximum Gasteiger partial charge on any atom is 0.490 e. The Hall–Kier alpha value is -2.87. The summed E-state index contributed by atoms with van der Waals surface area (Å²) in [6.07, 6.45) is -4.29. The molecule has 1 unspecified atom stereocenters. The third kappa shape index (κ3) is 6.17. The average molecular weight is 495 g/mol. The molecule has 0 radical (unpaired) electrons. The van der Waals surface area contributed by atoms with Crippen LogP contribution in [0.3, 0.4) is 0 Å². The molecule has 4 N–H and O–H groups in total. The third-order valence-corrected chi connectivity index (χ3v) is 5.77. The zero-order chi connectivity index (χ0) is 25.1. The van der Waals surface area contributed by atoms with Crippen LogP contribution in [-0.2, 0) is 15.7 Å². The van der Waals surface area contributed by atoms with Crippen molar-refractivity contribution in [2.24, 2.45) is 0 Å². The van der Waals surface area contributed by atoms with E-state index in [4.69, 9.17) is 20.4 Å². The Balaban J connectivity index is 0.000000406. The summed E-state index contributed by atoms with van der Waals surface area (Å²) in [6, 6.07) is 3.38. The highest BCUT2D eigenvalue weighted by Gasteiger charge is 2.40. The first-order valence-electron chi connectivity index (χ1n) is 10.3. The van der Waals surface area contributed by atoms with Gasteiger partial charge in [-0.15, -0.1) is 5.10 Å². The molecule has 0 saturated carbocycles. The lowest BCUT2D eigenvalue weighted by Gasteiger charge is -2.43. The molecule has 14 heteroatoms. The molecule has 3 heterocycles. The van der Waals surface area contributed by atoms with Crippen LogP contribution in [0.5, 0.6) is 0 Å². The minimum Gasteiger partial charge on any atom is -0.475 e. The SMILES string of the molecule is Nc1ccc(C(F)(F)F)cc1-c1cn(C2CCOC3(CCNCC3)C2)nn1.O=C(O)C(F)(F)F. The largest absolute Gasteiger partial charge is 0.490 e. The topological polar surface area (TPSA) is 115 Å². The zero-order valence-electron chi connectivity index (χ0n) is 17.8. The van der Waals surface area contributed by atoms with Gasteiger partial charge in [-0.05, 0) is 57.0 Å². The van der Waals surface area contributed by atoms with E-state index < -0.39 is 23.9 Å². The molecular formula is C20H23F6N5O3. The number of anilines is 1. The number of nitrogen functional groups attached to an aromatic ring is 1. The number of carboxylic acids is 1. The summed E-state index contributed by atoms with van der Waals surface area (Å²) in [5.74, 6) is -2.76. The summed E-state index contributed by atoms with van der Waals surface area (Å²) < 4.78 is 78.6. The van der Waals surface area contributed by atoms with E-state index in [1.807, 2.05) is 0 Å². The van der Waals surface area contributed by atoms with Gasteiger partial charge in [-0.2, -0.15) is 26.3 Å². The Morgan fingerprint density at radius 1 is 1.21 bits per heavy atom. The van der Waals surface area contributed by atoms with Gasteiger partial charge in [0.1, 0.15) is 5.69 Å². The number of alkyl halides is 6. The first kappa shape index (κ1) is 25.7. The minimum atomic E-state index is -5.08. The quantitative estimate of drug-likeness (QED) is 0.430. The molecule has 1 spiro atoms. The molecule has 1 atom stereocenters. The van der Waals surface area contributed by atoms with Crippen LogP contribution in [0.4, 0.5) is 32.0 Å². The van der Waals surface area contributed by atoms with Crippen molar-refractivity contribution in [1.29, 1.82) is 0 Å². The van der Waals surface area contributed by atoms with Crippen LogP contribution >= 0.6 is 0 Å². The molecule has 2 saturated heterocycles. The van der Waals surface area contributed by atoms with Crippen LogP contribution in [-0.4, -0.2) is 57.5 Å². The second kappa shape index (κ2) is 9.78. The number of benzene rings is 1. The van der Waals surface area contributed by atoms with Gasteiger partial charge in [0.2, 0.25) is 0 Å². The lowest BCUT2D eigenvalue weighted by molar-refractivity contribution is -0.192. The minimum absolute atomic E-state index is 0.116. The van der Waals surface area contributed by atoms with Gasteiger partial charge in [-0.3, -0.25) is 0 Å². The van der Waals surface area contributed by atoms with Gasteiger partial charge in [0.25, 0.3) is 0 Å². The van der Waals surface area contributed by atoms with E-state index in [9.17, 15) is 26.3 Å². The van der Waals surface area contributed by atoms with Gasteiger partial charge in [-0.1, -0.05) is 5.21 Å². The summed E-state index contributed by atoms with van der Waals surface area (Å²) in [6.45, 7) is 2.50. The fraction of sp³-hybridized carbons (Fsp3) is 0.550. The maximum absolute atomic E-state index is 13.0. The van der Waals surface area contributed by atoms with Gasteiger partial charge < -0.3 is 20.9 Å². The molecule has 188 valence electrons. The van der Waals surface area contributed by atoms with Gasteiger partial charge in [-0.25, -0.2) is 9.48 Å². The summed E-state index contributed by atoms with van der Waals surface area (Å²) >= 11 is 0. The van der Waals surface area contributed by atoms with Gasteiger partial charge in [0.05, 0.1) is 23.4 Å². The number of aromatic nitrogens is 3. The number of hydrogen-bond acceptors (Lipinski definition) is 6. The highest BCUT2D eigenvalue weighted by molar-refractivity contribution is 5.74. The van der Waals surface area contributed by atoms with Crippen LogP contribution in [0.15, 0.2) is 24.4 Å². The fourth-order valence-corrected chi connectivity index (χ4v) is 3.99. The van der Waals surface area contributed by atoms with E-state index in [1.165, 1.54) is 6.07 Å². The second-order valence-electron chi connectivity index (χ2n) is 8.11. The number of halogens is 6. The standard InChI is InChI=1S/C18H22F3N5O.C2HF3O2/c19-18(20,21)12-1-2-15(22)14(9-12)16-11-26(25-24-16)13-3-8-27-17(10-13)4-6-23-7-5-17;3-2(4,5)1(6)7/h1-2,9,11,13,23H,3-8,10,22H2;(H,6,7). The molecule has 4 rings (SSSR count). The number of ether oxygens (including phenoxy) is 1. The number of aliphatic carboxylic acids is 1. The molecule has 34 heavy (non-hydrogen) atoms. The van der Waals surface area contributed by atoms with E-state index in [2.05, 4.69) is 15.6 Å². The fourth-order valence-electron chi connectivity index (χ4n) is 3.99. The molecular weight excluding hydrogens is 472 g/mol. The maximum atomic E-state index is 13.0. The Morgan fingerprint density at radius 2 is 1.85 bits per heavy atom. The van der Waals surface area contributed by atoms with E-state index in [0.717, 1.165) is 50.9 Å². The number of nitrogens with two attached hydrogens (primary N) is 1. The van der Waals surface area contributed by atoms with Crippen molar-refractivity contribution < 1.29 is 41.0 Å². The highest BCUT2D eigenvalue weighted by atomic mass is 19.4. The van der Waals surface area contributed by atoms with Crippen molar-refractivity contribution in [1.82, 2.24) is 20.3 Å². The second-order valence-corrected chi connectivity index (χ2v) is 8.11. The zero-order valence-corrected chi connectivity index (χ0v) is 17.8. The number of hydrogen-bond donors (Lipinski definition) is 3. The smallest absolute Gasteiger partial charge is 0.475 e. The Labute approximate surface area is 190 Å². The number of nitrogens with one attached hydrogen (secondary N) is 1. The molecule has 2 aliphatic rings. The third-order valence-electron chi connectivity index (χ3n) is 5.77. The van der Waals surface area contributed by atoms with Crippen LogP contribution in [0.25, 0.3) is 11.3 Å². The average Bonchev–Trinajstić information content (AvgIpc) is 3.24. The van der Waals surface area contributed by atoms with Crippen molar-refractivity contribution in [3.63, 3.8) is 0 Å². The predicted octanol–water partition coefficient (Wildman–Crippen LogP) is 3.65. The molecule has 2 fully saturated rings. The lowest BCUT2D eigenvalue weighted by Crippen LogP contribution is -2.48. The number of carbonyl (C=O) groups is 1. The molecule has 0 aliphatic carbocycles. The Bertz CT molecular complexity index is 996. The first-order chi connectivity index (χ1) is 15.8. The van der Waals surface area contributed by atoms with Crippen LogP contribution in [0, 0.1) is 0 Å². The molecule has 1 aromatic carbocycles. The predicted molar refractivity (Wildman–Crippen MR) is 108 cm³/mol. The molecule has 8 nitrogen and oxygen atoms in total. The monoisotopic (exact) mass is 495 g/mol. The van der Waals surface area contributed by atoms with Gasteiger partial charge in [0.15, 0.2) is 0 Å². The van der Waals surface area contributed by atoms with Gasteiger partial charge in [0, 0.05) is 17.9 Å². The molecule has 0 amide bonds. The number of nitrogens with zero attached hydrogens (tertiary/aromatic N) is 3. The summed E-state index contributed by atoms with van der Waals surface area (Å²) in [4.78, 5) is 8.90. The molecule has 2 aromatic rings. The number of carboxylic acid groups (broad SMARTS) is 1. The molecule has 1 aromatic heterocycles. The van der Waals surface area contributed by atoms with Crippen molar-refractivity contribution in [3.05, 3.63) is 30.0 Å². The Morgan fingerprint density at radius 3 is 2.44 bits per heavy atom. The van der Waals surface area contributed by atoms with Gasteiger partial charge >= 0.3 is 18.3 Å². The molecule has 0 bridgehead atoms. The van der Waals surface area contributed by atoms with Crippen LogP contribution < -0.4 is 11.1 Å². The normalized spacial score (nSPS) is 20.5. The first-order valence-corrected chi connectivity index (χ1v) is 10.3. The summed E-state index contributed by atoms with van der Waals surface area (Å²) in [5.41, 5.74) is 5.85. The van der Waals surface area contributed by atoms with E-state index >= 15 is 0 Å². The van der Waals surface area contributed by atoms with E-state index in [-0.39, 0.29) is 22.9 Å². The van der Waals surface area contributed by atoms with E-state index in [0.29, 0.717) is 12.3 Å². The lowest BCUT2D eigenvalue weighted by atomic mass is 9.83. The van der Waals surface area contributed by atoms with Crippen molar-refractivity contribution >= 4 is 11.7 Å². The Kier molecular flexibility index (Phi) is 7.41. The van der Waals surface area contributed by atoms with Crippen LogP contribution in [0.1, 0.15) is 37.3 Å². The van der Waals surface area contributed by atoms with Crippen molar-refractivity contribution in [2.45, 2.75) is 49.7 Å². The van der Waals surface area contributed by atoms with Crippen LogP contribution in [0.2, 0.25) is 0 Å². The highest BCUT2D eigenvalue weighted by Crippen LogP contribution is 2.39. The van der Waals surface area contributed by atoms with E-state index in [1.54, 1.807) is 10.9 Å². The van der Waals surface area contributed by atoms with Crippen molar-refractivity contribution in [2.75, 3.05) is 25.4 Å². The summed E-state index contributed by atoms with van der Waals surface area (Å²) in [7, 11) is 0. The number of piperidine rings is 1. The summed E-state index contributed by atoms with van der Waals surface area (Å²) in [5, 5.41) is 18.7. The molecule has 2 aliphatic heterocycles.